The van der Waals surface area contributed by atoms with Crippen LogP contribution in [0.25, 0.3) is 11.1 Å². The van der Waals surface area contributed by atoms with Gasteiger partial charge in [-0.1, -0.05) is 18.2 Å². The van der Waals surface area contributed by atoms with Gasteiger partial charge in [-0.05, 0) is 78.3 Å². The summed E-state index contributed by atoms with van der Waals surface area (Å²) < 4.78 is 0. The molecule has 0 spiro atoms. The van der Waals surface area contributed by atoms with Gasteiger partial charge in [-0.3, -0.25) is 9.69 Å². The Balaban J connectivity index is 1.40. The monoisotopic (exact) mass is 420 g/mol. The summed E-state index contributed by atoms with van der Waals surface area (Å²) in [5.74, 6) is -0.149. The summed E-state index contributed by atoms with van der Waals surface area (Å²) in [7, 11) is 4.29. The molecule has 0 radical (unpaired) electrons. The number of anilines is 2. The highest BCUT2D eigenvalue weighted by Crippen LogP contribution is 2.29. The van der Waals surface area contributed by atoms with E-state index in [-0.39, 0.29) is 5.91 Å². The molecule has 5 nitrogen and oxygen atoms in total. The Morgan fingerprint density at radius 1 is 1.17 bits per heavy atom. The van der Waals surface area contributed by atoms with Gasteiger partial charge >= 0.3 is 0 Å². The lowest BCUT2D eigenvalue weighted by molar-refractivity contribution is 0.102. The molecule has 4 rings (SSSR count). The zero-order valence-electron chi connectivity index (χ0n) is 17.5. The Kier molecular flexibility index (Phi) is 6.18. The van der Waals surface area contributed by atoms with Crippen molar-refractivity contribution >= 4 is 28.6 Å². The second-order valence-corrected chi connectivity index (χ2v) is 8.89. The molecular formula is C24H28N4OS. The zero-order chi connectivity index (χ0) is 21.1. The van der Waals surface area contributed by atoms with Gasteiger partial charge in [0.05, 0.1) is 11.4 Å². The van der Waals surface area contributed by atoms with Crippen LogP contribution in [0.15, 0.2) is 59.3 Å². The number of nitrogen functional groups attached to an aromatic ring is 1. The number of nitrogens with zero attached hydrogens (tertiary/aromatic N) is 2. The maximum atomic E-state index is 12.8. The average Bonchev–Trinajstić information content (AvgIpc) is 3.42. The summed E-state index contributed by atoms with van der Waals surface area (Å²) in [4.78, 5) is 17.5. The van der Waals surface area contributed by atoms with E-state index in [1.165, 1.54) is 12.0 Å². The summed E-state index contributed by atoms with van der Waals surface area (Å²) in [6.07, 6.45) is 1.21. The molecule has 2 heterocycles. The lowest BCUT2D eigenvalue weighted by Gasteiger charge is -2.20. The van der Waals surface area contributed by atoms with Crippen LogP contribution in [0.4, 0.5) is 11.4 Å². The van der Waals surface area contributed by atoms with Gasteiger partial charge in [-0.2, -0.15) is 11.3 Å². The molecule has 1 aliphatic rings. The molecule has 3 aromatic rings. The second-order valence-electron chi connectivity index (χ2n) is 8.11. The van der Waals surface area contributed by atoms with Gasteiger partial charge in [0.25, 0.3) is 5.91 Å². The van der Waals surface area contributed by atoms with E-state index >= 15 is 0 Å². The van der Waals surface area contributed by atoms with Gasteiger partial charge in [0.15, 0.2) is 0 Å². The van der Waals surface area contributed by atoms with Crippen LogP contribution in [0.1, 0.15) is 22.3 Å². The second kappa shape index (κ2) is 9.00. The lowest BCUT2D eigenvalue weighted by Crippen LogP contribution is -2.31. The number of hydrogen-bond donors (Lipinski definition) is 2. The van der Waals surface area contributed by atoms with Crippen LogP contribution in [0.2, 0.25) is 0 Å². The SMILES string of the molecule is CN(C)[C@@H]1CCN(Cc2ccc(C(=O)Nc3cc(-c4ccsc4)ccc3N)cc2)C1. The lowest BCUT2D eigenvalue weighted by atomic mass is 10.1. The van der Waals surface area contributed by atoms with E-state index in [0.717, 1.165) is 30.8 Å². The van der Waals surface area contributed by atoms with E-state index in [1.807, 2.05) is 47.8 Å². The highest BCUT2D eigenvalue weighted by molar-refractivity contribution is 7.08. The van der Waals surface area contributed by atoms with Crippen molar-refractivity contribution in [1.82, 2.24) is 9.80 Å². The molecule has 1 amide bonds. The van der Waals surface area contributed by atoms with Gasteiger partial charge in [-0.25, -0.2) is 0 Å². The van der Waals surface area contributed by atoms with Crippen LogP contribution in [0, 0.1) is 0 Å². The molecule has 1 saturated heterocycles. The number of carbonyl (C=O) groups is 1. The first-order valence-electron chi connectivity index (χ1n) is 10.2. The largest absolute Gasteiger partial charge is 0.397 e. The molecule has 0 saturated carbocycles. The van der Waals surface area contributed by atoms with Crippen molar-refractivity contribution in [3.8, 4) is 11.1 Å². The zero-order valence-corrected chi connectivity index (χ0v) is 18.3. The maximum Gasteiger partial charge on any atom is 0.255 e. The van der Waals surface area contributed by atoms with Crippen LogP contribution in [-0.4, -0.2) is 48.9 Å². The summed E-state index contributed by atoms with van der Waals surface area (Å²) in [5, 5.41) is 7.08. The van der Waals surface area contributed by atoms with Crippen molar-refractivity contribution in [3.05, 3.63) is 70.4 Å². The summed E-state index contributed by atoms with van der Waals surface area (Å²) >= 11 is 1.64. The predicted octanol–water partition coefficient (Wildman–Crippen LogP) is 4.39. The number of nitrogens with one attached hydrogen (secondary N) is 1. The first-order valence-corrected chi connectivity index (χ1v) is 11.1. The first kappa shape index (κ1) is 20.6. The topological polar surface area (TPSA) is 61.6 Å². The van der Waals surface area contributed by atoms with Gasteiger partial charge in [-0.15, -0.1) is 0 Å². The van der Waals surface area contributed by atoms with Crippen molar-refractivity contribution in [2.24, 2.45) is 0 Å². The Hall–Kier alpha value is -2.67. The maximum absolute atomic E-state index is 12.8. The molecule has 1 fully saturated rings. The van der Waals surface area contributed by atoms with Crippen LogP contribution in [0.3, 0.4) is 0 Å². The van der Waals surface area contributed by atoms with Gasteiger partial charge in [0.1, 0.15) is 0 Å². The standard InChI is InChI=1S/C24H28N4OS/c1-27(2)21-9-11-28(15-21)14-17-3-5-18(6-4-17)24(29)26-23-13-19(7-8-22(23)25)20-10-12-30-16-20/h3-8,10,12-13,16,21H,9,11,14-15,25H2,1-2H3,(H,26,29)/t21-/m1/s1. The minimum absolute atomic E-state index is 0.149. The van der Waals surface area contributed by atoms with Crippen molar-refractivity contribution in [2.45, 2.75) is 19.0 Å². The number of hydrogen-bond acceptors (Lipinski definition) is 5. The third-order valence-corrected chi connectivity index (χ3v) is 6.44. The van der Waals surface area contributed by atoms with E-state index in [1.54, 1.807) is 11.3 Å². The number of rotatable bonds is 6. The number of carbonyl (C=O) groups excluding carboxylic acids is 1. The summed E-state index contributed by atoms with van der Waals surface area (Å²) in [6.45, 7) is 3.13. The molecule has 1 atom stereocenters. The molecular weight excluding hydrogens is 392 g/mol. The van der Waals surface area contributed by atoms with E-state index < -0.39 is 0 Å². The highest BCUT2D eigenvalue weighted by atomic mass is 32.1. The fourth-order valence-corrected chi connectivity index (χ4v) is 4.53. The highest BCUT2D eigenvalue weighted by Gasteiger charge is 2.23. The van der Waals surface area contributed by atoms with Crippen LogP contribution < -0.4 is 11.1 Å². The number of likely N-dealkylation sites (N-methyl/N-ethyl adjacent to an activating group) is 1. The fourth-order valence-electron chi connectivity index (χ4n) is 3.86. The smallest absolute Gasteiger partial charge is 0.255 e. The van der Waals surface area contributed by atoms with Crippen LogP contribution >= 0.6 is 11.3 Å². The Labute approximate surface area is 182 Å². The van der Waals surface area contributed by atoms with Crippen molar-refractivity contribution in [3.63, 3.8) is 0 Å². The fraction of sp³-hybridized carbons (Fsp3) is 0.292. The van der Waals surface area contributed by atoms with Gasteiger partial charge in [0.2, 0.25) is 0 Å². The summed E-state index contributed by atoms with van der Waals surface area (Å²) in [5.41, 5.74) is 11.3. The minimum atomic E-state index is -0.149. The van der Waals surface area contributed by atoms with Crippen LogP contribution in [0.5, 0.6) is 0 Å². The Morgan fingerprint density at radius 3 is 2.63 bits per heavy atom. The average molecular weight is 421 g/mol. The van der Waals surface area contributed by atoms with E-state index in [0.29, 0.717) is 23.0 Å². The van der Waals surface area contributed by atoms with E-state index in [9.17, 15) is 4.79 Å². The molecule has 156 valence electrons. The number of nitrogens with two attached hydrogens (primary N) is 1. The molecule has 1 aromatic heterocycles. The molecule has 1 aliphatic heterocycles. The van der Waals surface area contributed by atoms with E-state index in [4.69, 9.17) is 5.73 Å². The quantitative estimate of drug-likeness (QED) is 0.581. The molecule has 0 aliphatic carbocycles. The summed E-state index contributed by atoms with van der Waals surface area (Å²) in [6, 6.07) is 16.3. The predicted molar refractivity (Wildman–Crippen MR) is 126 cm³/mol. The Morgan fingerprint density at radius 2 is 1.97 bits per heavy atom. The minimum Gasteiger partial charge on any atom is -0.397 e. The van der Waals surface area contributed by atoms with Gasteiger partial charge < -0.3 is 16.0 Å². The molecule has 6 heteroatoms. The molecule has 0 unspecified atom stereocenters. The Bertz CT molecular complexity index is 999. The number of amides is 1. The van der Waals surface area contributed by atoms with Crippen molar-refractivity contribution < 1.29 is 4.79 Å². The van der Waals surface area contributed by atoms with E-state index in [2.05, 4.69) is 40.7 Å². The molecule has 3 N–H and O–H groups in total. The van der Waals surface area contributed by atoms with Crippen LogP contribution in [-0.2, 0) is 6.54 Å². The number of likely N-dealkylation sites (tertiary alicyclic amines) is 1. The molecule has 2 aromatic carbocycles. The normalized spacial score (nSPS) is 16.8. The number of thiophene rings is 1. The van der Waals surface area contributed by atoms with Crippen molar-refractivity contribution in [1.29, 1.82) is 0 Å². The third kappa shape index (κ3) is 4.73. The van der Waals surface area contributed by atoms with Gasteiger partial charge in [0, 0.05) is 31.2 Å². The molecule has 30 heavy (non-hydrogen) atoms. The molecule has 0 bridgehead atoms. The number of benzene rings is 2. The first-order chi connectivity index (χ1) is 14.5. The third-order valence-electron chi connectivity index (χ3n) is 5.76. The van der Waals surface area contributed by atoms with Crippen molar-refractivity contribution in [2.75, 3.05) is 38.2 Å².